The number of esters is 1. The lowest BCUT2D eigenvalue weighted by atomic mass is 9.94. The van der Waals surface area contributed by atoms with E-state index in [1.54, 1.807) is 0 Å². The minimum atomic E-state index is -0.588. The number of hydrogen-bond acceptors (Lipinski definition) is 3. The number of ether oxygens (including phenoxy) is 1. The van der Waals surface area contributed by atoms with Crippen LogP contribution in [0.2, 0.25) is 0 Å². The highest BCUT2D eigenvalue weighted by molar-refractivity contribution is 5.97. The maximum atomic E-state index is 12.0. The molecule has 1 aromatic rings. The van der Waals surface area contributed by atoms with Crippen molar-refractivity contribution in [3.8, 4) is 0 Å². The maximum absolute atomic E-state index is 12.0. The summed E-state index contributed by atoms with van der Waals surface area (Å²) in [4.78, 5) is 23.7. The third-order valence-corrected chi connectivity index (χ3v) is 3.68. The van der Waals surface area contributed by atoms with Gasteiger partial charge >= 0.3 is 5.97 Å². The third-order valence-electron chi connectivity index (χ3n) is 3.68. The Hall–Kier alpha value is -1.58. The molecule has 0 spiro atoms. The number of nitrogens with zero attached hydrogens (tertiary/aromatic N) is 1. The van der Waals surface area contributed by atoms with Gasteiger partial charge in [0.15, 0.2) is 5.78 Å². The van der Waals surface area contributed by atoms with Gasteiger partial charge < -0.3 is 9.30 Å². The summed E-state index contributed by atoms with van der Waals surface area (Å²) >= 11 is 0. The molecule has 1 aliphatic carbocycles. The molecule has 0 saturated carbocycles. The second-order valence-corrected chi connectivity index (χ2v) is 5.88. The molecule has 0 saturated heterocycles. The molecule has 1 heterocycles. The number of Topliss-reactive ketones (excluding diaryl/α,β-unsaturated/α-hetero) is 1. The first kappa shape index (κ1) is 13.8. The highest BCUT2D eigenvalue weighted by Crippen LogP contribution is 2.25. The number of carbonyl (C=O) groups excluding carboxylic acids is 2. The van der Waals surface area contributed by atoms with Gasteiger partial charge in [0.25, 0.3) is 0 Å². The van der Waals surface area contributed by atoms with E-state index in [-0.39, 0.29) is 11.8 Å². The van der Waals surface area contributed by atoms with E-state index in [4.69, 9.17) is 4.74 Å². The van der Waals surface area contributed by atoms with Gasteiger partial charge in [0, 0.05) is 30.9 Å². The summed E-state index contributed by atoms with van der Waals surface area (Å²) in [6, 6.07) is 0. The molecule has 4 heteroatoms. The van der Waals surface area contributed by atoms with Crippen LogP contribution in [-0.2, 0) is 22.5 Å². The van der Waals surface area contributed by atoms with Gasteiger partial charge in [-0.15, -0.1) is 0 Å². The standard InChI is InChI=1S/C15H21NO3/c1-15(2,14(18)19-3)10-16-8-11-6-4-5-7-13(17)12(11)9-16/h8-9H,4-7,10H2,1-3H3. The minimum Gasteiger partial charge on any atom is -0.469 e. The lowest BCUT2D eigenvalue weighted by molar-refractivity contribution is -0.151. The van der Waals surface area contributed by atoms with Crippen molar-refractivity contribution in [1.29, 1.82) is 0 Å². The first-order chi connectivity index (χ1) is 8.94. The zero-order chi connectivity index (χ0) is 14.0. The number of rotatable bonds is 3. The van der Waals surface area contributed by atoms with Gasteiger partial charge in [-0.3, -0.25) is 9.59 Å². The predicted molar refractivity (Wildman–Crippen MR) is 72.1 cm³/mol. The van der Waals surface area contributed by atoms with Crippen LogP contribution in [0, 0.1) is 5.41 Å². The molecule has 0 radical (unpaired) electrons. The van der Waals surface area contributed by atoms with Crippen LogP contribution in [-0.4, -0.2) is 23.4 Å². The molecule has 19 heavy (non-hydrogen) atoms. The summed E-state index contributed by atoms with van der Waals surface area (Å²) < 4.78 is 6.76. The lowest BCUT2D eigenvalue weighted by Gasteiger charge is -2.21. The Bertz CT molecular complexity index is 499. The van der Waals surface area contributed by atoms with Crippen molar-refractivity contribution in [3.63, 3.8) is 0 Å². The molecule has 1 aromatic heterocycles. The molecular weight excluding hydrogens is 242 g/mol. The van der Waals surface area contributed by atoms with Gasteiger partial charge in [-0.25, -0.2) is 0 Å². The molecule has 0 atom stereocenters. The second-order valence-electron chi connectivity index (χ2n) is 5.88. The number of aromatic nitrogens is 1. The van der Waals surface area contributed by atoms with E-state index in [0.29, 0.717) is 13.0 Å². The van der Waals surface area contributed by atoms with Crippen molar-refractivity contribution < 1.29 is 14.3 Å². The fraction of sp³-hybridized carbons (Fsp3) is 0.600. The quantitative estimate of drug-likeness (QED) is 0.622. The van der Waals surface area contributed by atoms with Crippen LogP contribution in [0.3, 0.4) is 0 Å². The van der Waals surface area contributed by atoms with E-state index >= 15 is 0 Å². The van der Waals surface area contributed by atoms with Crippen molar-refractivity contribution in [1.82, 2.24) is 4.57 Å². The maximum Gasteiger partial charge on any atom is 0.313 e. The summed E-state index contributed by atoms with van der Waals surface area (Å²) in [5.74, 6) is -0.00940. The van der Waals surface area contributed by atoms with Gasteiger partial charge in [0.05, 0.1) is 12.5 Å². The first-order valence-electron chi connectivity index (χ1n) is 6.74. The molecule has 1 aliphatic rings. The zero-order valence-electron chi connectivity index (χ0n) is 11.9. The van der Waals surface area contributed by atoms with Crippen LogP contribution in [0.15, 0.2) is 12.4 Å². The number of methoxy groups -OCH3 is 1. The van der Waals surface area contributed by atoms with Gasteiger partial charge in [0.1, 0.15) is 0 Å². The number of hydrogen-bond donors (Lipinski definition) is 0. The average Bonchev–Trinajstić information content (AvgIpc) is 2.67. The Balaban J connectivity index is 2.22. The second kappa shape index (κ2) is 5.19. The summed E-state index contributed by atoms with van der Waals surface area (Å²) in [5, 5.41) is 0. The largest absolute Gasteiger partial charge is 0.469 e. The third kappa shape index (κ3) is 2.88. The van der Waals surface area contributed by atoms with Crippen molar-refractivity contribution >= 4 is 11.8 Å². The molecule has 0 aliphatic heterocycles. The number of ketones is 1. The van der Waals surface area contributed by atoms with E-state index in [9.17, 15) is 9.59 Å². The van der Waals surface area contributed by atoms with Gasteiger partial charge in [-0.1, -0.05) is 0 Å². The van der Waals surface area contributed by atoms with Crippen molar-refractivity contribution in [2.75, 3.05) is 7.11 Å². The van der Waals surface area contributed by atoms with Crippen molar-refractivity contribution in [3.05, 3.63) is 23.5 Å². The zero-order valence-corrected chi connectivity index (χ0v) is 11.9. The Morgan fingerprint density at radius 3 is 2.68 bits per heavy atom. The van der Waals surface area contributed by atoms with Crippen LogP contribution >= 0.6 is 0 Å². The van der Waals surface area contributed by atoms with Gasteiger partial charge in [-0.05, 0) is 38.7 Å². The molecule has 0 aromatic carbocycles. The fourth-order valence-corrected chi connectivity index (χ4v) is 2.63. The Labute approximate surface area is 113 Å². The summed E-state index contributed by atoms with van der Waals surface area (Å²) in [7, 11) is 1.40. The molecule has 0 N–H and O–H groups in total. The fourth-order valence-electron chi connectivity index (χ4n) is 2.63. The summed E-state index contributed by atoms with van der Waals surface area (Å²) in [5.41, 5.74) is 1.36. The Morgan fingerprint density at radius 2 is 2.00 bits per heavy atom. The van der Waals surface area contributed by atoms with Crippen LogP contribution < -0.4 is 0 Å². The van der Waals surface area contributed by atoms with Crippen LogP contribution in [0.25, 0.3) is 0 Å². The first-order valence-corrected chi connectivity index (χ1v) is 6.74. The normalized spacial score (nSPS) is 15.8. The highest BCUT2D eigenvalue weighted by Gasteiger charge is 2.30. The van der Waals surface area contributed by atoms with Crippen molar-refractivity contribution in [2.45, 2.75) is 46.1 Å². The molecule has 4 nitrogen and oxygen atoms in total. The van der Waals surface area contributed by atoms with Crippen LogP contribution in [0.1, 0.15) is 49.0 Å². The molecule has 0 fully saturated rings. The van der Waals surface area contributed by atoms with E-state index in [0.717, 1.165) is 30.4 Å². The Kier molecular flexibility index (Phi) is 3.78. The number of fused-ring (bicyclic) bond motifs is 1. The molecule has 0 bridgehead atoms. The minimum absolute atomic E-state index is 0.224. The summed E-state index contributed by atoms with van der Waals surface area (Å²) in [6.07, 6.45) is 7.51. The van der Waals surface area contributed by atoms with Crippen molar-refractivity contribution in [2.24, 2.45) is 5.41 Å². The lowest BCUT2D eigenvalue weighted by Crippen LogP contribution is -2.30. The highest BCUT2D eigenvalue weighted by atomic mass is 16.5. The van der Waals surface area contributed by atoms with Crippen LogP contribution in [0.5, 0.6) is 0 Å². The Morgan fingerprint density at radius 1 is 1.32 bits per heavy atom. The molecule has 0 amide bonds. The monoisotopic (exact) mass is 263 g/mol. The van der Waals surface area contributed by atoms with Gasteiger partial charge in [0.2, 0.25) is 0 Å². The smallest absolute Gasteiger partial charge is 0.313 e. The summed E-state index contributed by atoms with van der Waals surface area (Å²) in [6.45, 7) is 4.23. The predicted octanol–water partition coefficient (Wildman–Crippen LogP) is 2.60. The van der Waals surface area contributed by atoms with E-state index in [2.05, 4.69) is 0 Å². The molecule has 0 unspecified atom stereocenters. The molecule has 104 valence electrons. The molecule has 2 rings (SSSR count). The number of aryl methyl sites for hydroxylation is 1. The number of carbonyl (C=O) groups is 2. The average molecular weight is 263 g/mol. The van der Waals surface area contributed by atoms with E-state index in [1.807, 2.05) is 30.8 Å². The van der Waals surface area contributed by atoms with E-state index < -0.39 is 5.41 Å². The van der Waals surface area contributed by atoms with E-state index in [1.165, 1.54) is 7.11 Å². The van der Waals surface area contributed by atoms with Crippen LogP contribution in [0.4, 0.5) is 0 Å². The van der Waals surface area contributed by atoms with Gasteiger partial charge in [-0.2, -0.15) is 0 Å². The molecular formula is C15H21NO3. The topological polar surface area (TPSA) is 48.3 Å². The SMILES string of the molecule is COC(=O)C(C)(C)Cn1cc2c(c1)C(=O)CCCC2.